The summed E-state index contributed by atoms with van der Waals surface area (Å²) in [5.74, 6) is -1.76. The molecule has 1 aromatic heterocycles. The van der Waals surface area contributed by atoms with Crippen LogP contribution in [0.15, 0.2) is 89.8 Å². The Kier molecular flexibility index (Phi) is 7.95. The van der Waals surface area contributed by atoms with E-state index >= 15 is 0 Å². The molecule has 0 aliphatic heterocycles. The third-order valence-electron chi connectivity index (χ3n) is 6.45. The molecule has 0 fully saturated rings. The standard InChI is InChI=1S/C30H23ClF2N2O4S/c31-20-13-15-29(39-18-19-12-14-21(32)17-26(19)33)25(16-20)23-8-4-9-24(23)27-10-5-11-28(34-27)30(36)35-40(37,38)22-6-2-1-3-7-22/h1-3,5-7,10-17H,4,8-9,18H2,(H,35,36). The molecule has 10 heteroatoms. The van der Waals surface area contributed by atoms with Gasteiger partial charge in [-0.3, -0.25) is 4.79 Å². The minimum atomic E-state index is -4.07. The topological polar surface area (TPSA) is 85.4 Å². The van der Waals surface area contributed by atoms with Crippen LogP contribution in [0.25, 0.3) is 11.1 Å². The van der Waals surface area contributed by atoms with Crippen LogP contribution in [0.5, 0.6) is 5.75 Å². The van der Waals surface area contributed by atoms with Crippen LogP contribution >= 0.6 is 11.6 Å². The average molecular weight is 581 g/mol. The van der Waals surface area contributed by atoms with E-state index in [9.17, 15) is 22.0 Å². The van der Waals surface area contributed by atoms with E-state index in [4.69, 9.17) is 16.3 Å². The number of pyridine rings is 1. The first-order chi connectivity index (χ1) is 19.2. The van der Waals surface area contributed by atoms with Crippen LogP contribution in [-0.4, -0.2) is 19.3 Å². The highest BCUT2D eigenvalue weighted by molar-refractivity contribution is 7.90. The molecule has 0 spiro atoms. The summed E-state index contributed by atoms with van der Waals surface area (Å²) in [6.07, 6.45) is 2.15. The first-order valence-electron chi connectivity index (χ1n) is 12.4. The summed E-state index contributed by atoms with van der Waals surface area (Å²) in [4.78, 5) is 17.3. The number of nitrogens with one attached hydrogen (secondary N) is 1. The highest BCUT2D eigenvalue weighted by Crippen LogP contribution is 2.43. The van der Waals surface area contributed by atoms with Crippen LogP contribution in [0.3, 0.4) is 0 Å². The lowest BCUT2D eigenvalue weighted by molar-refractivity contribution is 0.0976. The van der Waals surface area contributed by atoms with Gasteiger partial charge in [-0.25, -0.2) is 26.9 Å². The van der Waals surface area contributed by atoms with Gasteiger partial charge >= 0.3 is 0 Å². The van der Waals surface area contributed by atoms with Gasteiger partial charge < -0.3 is 4.74 Å². The van der Waals surface area contributed by atoms with Crippen molar-refractivity contribution in [3.63, 3.8) is 0 Å². The lowest BCUT2D eigenvalue weighted by Gasteiger charge is -2.15. The van der Waals surface area contributed by atoms with Gasteiger partial charge in [0.15, 0.2) is 0 Å². The number of aromatic nitrogens is 1. The molecule has 0 radical (unpaired) electrons. The van der Waals surface area contributed by atoms with E-state index in [1.807, 2.05) is 0 Å². The number of amides is 1. The normalized spacial score (nSPS) is 13.4. The van der Waals surface area contributed by atoms with Gasteiger partial charge in [0.05, 0.1) is 10.6 Å². The second-order valence-corrected chi connectivity index (χ2v) is 11.3. The monoisotopic (exact) mass is 580 g/mol. The molecular formula is C30H23ClF2N2O4S. The lowest BCUT2D eigenvalue weighted by Crippen LogP contribution is -2.31. The molecule has 0 unspecified atom stereocenters. The molecule has 0 saturated heterocycles. The molecular weight excluding hydrogens is 558 g/mol. The van der Waals surface area contributed by atoms with Crippen molar-refractivity contribution < 1.29 is 26.7 Å². The summed E-state index contributed by atoms with van der Waals surface area (Å²) in [7, 11) is -4.07. The molecule has 1 N–H and O–H groups in total. The van der Waals surface area contributed by atoms with Crippen molar-refractivity contribution in [3.8, 4) is 5.75 Å². The van der Waals surface area contributed by atoms with Crippen molar-refractivity contribution in [2.24, 2.45) is 0 Å². The number of rotatable bonds is 8. The molecule has 0 atom stereocenters. The number of hydrogen-bond acceptors (Lipinski definition) is 5. The molecule has 204 valence electrons. The minimum Gasteiger partial charge on any atom is -0.488 e. The van der Waals surface area contributed by atoms with Crippen molar-refractivity contribution in [2.75, 3.05) is 0 Å². The van der Waals surface area contributed by atoms with Gasteiger partial charge in [0.1, 0.15) is 29.7 Å². The Bertz CT molecular complexity index is 1730. The fourth-order valence-corrected chi connectivity index (χ4v) is 5.70. The summed E-state index contributed by atoms with van der Waals surface area (Å²) in [5.41, 5.74) is 3.14. The zero-order chi connectivity index (χ0) is 28.3. The molecule has 0 bridgehead atoms. The summed E-state index contributed by atoms with van der Waals surface area (Å²) >= 11 is 6.32. The molecule has 1 heterocycles. The summed E-state index contributed by atoms with van der Waals surface area (Å²) in [5, 5.41) is 0.473. The largest absolute Gasteiger partial charge is 0.488 e. The zero-order valence-electron chi connectivity index (χ0n) is 21.0. The van der Waals surface area contributed by atoms with Crippen molar-refractivity contribution in [3.05, 3.63) is 124 Å². The number of allylic oxidation sites excluding steroid dienone is 2. The van der Waals surface area contributed by atoms with Crippen molar-refractivity contribution >= 4 is 38.7 Å². The van der Waals surface area contributed by atoms with Crippen LogP contribution in [0.4, 0.5) is 8.78 Å². The van der Waals surface area contributed by atoms with Crippen molar-refractivity contribution in [1.29, 1.82) is 0 Å². The Labute approximate surface area is 235 Å². The molecule has 1 aliphatic carbocycles. The van der Waals surface area contributed by atoms with Crippen molar-refractivity contribution in [1.82, 2.24) is 9.71 Å². The fourth-order valence-electron chi connectivity index (χ4n) is 4.54. The number of nitrogens with zero attached hydrogens (tertiary/aromatic N) is 1. The number of sulfonamides is 1. The summed E-state index contributed by atoms with van der Waals surface area (Å²) < 4.78 is 60.8. The van der Waals surface area contributed by atoms with Gasteiger partial charge in [-0.1, -0.05) is 35.9 Å². The van der Waals surface area contributed by atoms with Gasteiger partial charge in [-0.2, -0.15) is 0 Å². The van der Waals surface area contributed by atoms with Crippen LogP contribution in [0.1, 0.15) is 46.6 Å². The van der Waals surface area contributed by atoms with E-state index in [1.54, 1.807) is 48.5 Å². The molecule has 40 heavy (non-hydrogen) atoms. The average Bonchev–Trinajstić information content (AvgIpc) is 3.43. The van der Waals surface area contributed by atoms with Crippen LogP contribution in [-0.2, 0) is 16.6 Å². The number of benzene rings is 3. The molecule has 1 amide bonds. The van der Waals surface area contributed by atoms with Crippen molar-refractivity contribution in [2.45, 2.75) is 30.8 Å². The van der Waals surface area contributed by atoms with Crippen LogP contribution in [0, 0.1) is 11.6 Å². The maximum atomic E-state index is 14.2. The number of halogens is 3. The van der Waals surface area contributed by atoms with E-state index in [2.05, 4.69) is 9.71 Å². The molecule has 0 saturated carbocycles. The first-order valence-corrected chi connectivity index (χ1v) is 14.3. The lowest BCUT2D eigenvalue weighted by atomic mass is 9.98. The molecule has 3 aromatic carbocycles. The number of hydrogen-bond donors (Lipinski definition) is 1. The Balaban J connectivity index is 1.44. The Morgan fingerprint density at radius 1 is 0.925 bits per heavy atom. The smallest absolute Gasteiger partial charge is 0.283 e. The maximum absolute atomic E-state index is 14.2. The highest BCUT2D eigenvalue weighted by Gasteiger charge is 2.24. The number of carbonyl (C=O) groups excluding carboxylic acids is 1. The van der Waals surface area contributed by atoms with Gasteiger partial charge in [0.25, 0.3) is 15.9 Å². The quantitative estimate of drug-likeness (QED) is 0.248. The molecule has 5 rings (SSSR count). The fraction of sp³-hybridized carbons (Fsp3) is 0.133. The Hall–Kier alpha value is -4.08. The maximum Gasteiger partial charge on any atom is 0.283 e. The van der Waals surface area contributed by atoms with E-state index in [0.717, 1.165) is 23.6 Å². The molecule has 6 nitrogen and oxygen atoms in total. The van der Waals surface area contributed by atoms with Gasteiger partial charge in [-0.15, -0.1) is 0 Å². The summed E-state index contributed by atoms with van der Waals surface area (Å²) in [6.45, 7) is -0.118. The predicted octanol–water partition coefficient (Wildman–Crippen LogP) is 6.81. The van der Waals surface area contributed by atoms with E-state index < -0.39 is 27.6 Å². The second-order valence-electron chi connectivity index (χ2n) is 9.13. The third kappa shape index (κ3) is 6.05. The molecule has 4 aromatic rings. The van der Waals surface area contributed by atoms with E-state index in [1.165, 1.54) is 30.3 Å². The van der Waals surface area contributed by atoms with Gasteiger partial charge in [-0.05, 0) is 85.0 Å². The zero-order valence-corrected chi connectivity index (χ0v) is 22.6. The Morgan fingerprint density at radius 2 is 1.70 bits per heavy atom. The minimum absolute atomic E-state index is 0.0331. The highest BCUT2D eigenvalue weighted by atomic mass is 35.5. The third-order valence-corrected chi connectivity index (χ3v) is 8.04. The number of ether oxygens (including phenoxy) is 1. The predicted molar refractivity (Wildman–Crippen MR) is 148 cm³/mol. The Morgan fingerprint density at radius 3 is 2.48 bits per heavy atom. The van der Waals surface area contributed by atoms with E-state index in [0.29, 0.717) is 34.9 Å². The van der Waals surface area contributed by atoms with Crippen LogP contribution in [0.2, 0.25) is 5.02 Å². The number of carbonyl (C=O) groups is 1. The van der Waals surface area contributed by atoms with E-state index in [-0.39, 0.29) is 22.8 Å². The second kappa shape index (κ2) is 11.6. The molecule has 1 aliphatic rings. The van der Waals surface area contributed by atoms with Gasteiger partial charge in [0.2, 0.25) is 0 Å². The van der Waals surface area contributed by atoms with Gasteiger partial charge in [0, 0.05) is 22.2 Å². The first kappa shape index (κ1) is 27.5. The summed E-state index contributed by atoms with van der Waals surface area (Å²) in [6, 6.07) is 20.8. The SMILES string of the molecule is O=C(NS(=O)(=O)c1ccccc1)c1cccc(C2=C(c3cc(Cl)ccc3OCc3ccc(F)cc3F)CCC2)n1. The van der Waals surface area contributed by atoms with Crippen LogP contribution < -0.4 is 9.46 Å².